The minimum atomic E-state index is -2.74. The number of benzene rings is 1. The fraction of sp³-hybridized carbons (Fsp3) is 0.375. The van der Waals surface area contributed by atoms with Gasteiger partial charge in [0, 0.05) is 36.2 Å². The Morgan fingerprint density at radius 2 is 1.97 bits per heavy atom. The fourth-order valence-corrected chi connectivity index (χ4v) is 4.22. The van der Waals surface area contributed by atoms with Gasteiger partial charge in [-0.2, -0.15) is 0 Å². The number of hydrogen-bond acceptors (Lipinski definition) is 3. The second-order valence-corrected chi connectivity index (χ2v) is 8.25. The summed E-state index contributed by atoms with van der Waals surface area (Å²) in [5, 5.41) is 0.0998. The molecular weight excluding hydrogens is 438 g/mol. The Hall–Kier alpha value is -3.23. The first-order valence-corrected chi connectivity index (χ1v) is 10.6. The highest BCUT2D eigenvalue weighted by atomic mass is 19.3. The van der Waals surface area contributed by atoms with Crippen molar-refractivity contribution in [3.05, 3.63) is 75.3 Å². The number of alkyl halides is 2. The average Bonchev–Trinajstić information content (AvgIpc) is 2.76. The van der Waals surface area contributed by atoms with E-state index in [1.54, 1.807) is 13.0 Å². The Morgan fingerprint density at radius 1 is 1.24 bits per heavy atom. The Labute approximate surface area is 188 Å². The van der Waals surface area contributed by atoms with E-state index in [0.717, 1.165) is 6.07 Å². The summed E-state index contributed by atoms with van der Waals surface area (Å²) in [6.45, 7) is 3.30. The molecule has 0 saturated heterocycles. The quantitative estimate of drug-likeness (QED) is 0.522. The van der Waals surface area contributed by atoms with E-state index in [1.807, 2.05) is 0 Å². The molecule has 1 saturated carbocycles. The number of fused-ring (bicyclic) bond motifs is 1. The highest BCUT2D eigenvalue weighted by Crippen LogP contribution is 2.46. The van der Waals surface area contributed by atoms with E-state index in [0.29, 0.717) is 36.0 Å². The van der Waals surface area contributed by atoms with Crippen molar-refractivity contribution < 1.29 is 22.4 Å². The van der Waals surface area contributed by atoms with Crippen LogP contribution in [0.25, 0.3) is 10.9 Å². The van der Waals surface area contributed by atoms with E-state index in [1.165, 1.54) is 31.3 Å². The SMILES string of the molecule is CC[C@@H]1CC[C@H](c2cc(=O)c3c(C(N)=O)nccc3[nH]2)CC1(F)F.Cc1cccc(F)c1F. The molecule has 1 amide bonds. The number of halogens is 4. The number of rotatable bonds is 3. The van der Waals surface area contributed by atoms with Crippen molar-refractivity contribution in [1.29, 1.82) is 0 Å². The van der Waals surface area contributed by atoms with Crippen LogP contribution in [0.3, 0.4) is 0 Å². The number of pyridine rings is 2. The number of H-pyrrole nitrogens is 1. The molecule has 0 radical (unpaired) electrons. The zero-order valence-corrected chi connectivity index (χ0v) is 18.3. The zero-order valence-electron chi connectivity index (χ0n) is 18.3. The number of aromatic nitrogens is 2. The van der Waals surface area contributed by atoms with E-state index in [-0.39, 0.29) is 17.5 Å². The Bertz CT molecular complexity index is 1210. The van der Waals surface area contributed by atoms with Crippen LogP contribution in [0.5, 0.6) is 0 Å². The predicted molar refractivity (Wildman–Crippen MR) is 117 cm³/mol. The summed E-state index contributed by atoms with van der Waals surface area (Å²) in [7, 11) is 0. The molecule has 5 nitrogen and oxygen atoms in total. The Balaban J connectivity index is 0.000000286. The van der Waals surface area contributed by atoms with E-state index in [4.69, 9.17) is 5.73 Å². The van der Waals surface area contributed by atoms with Crippen LogP contribution >= 0.6 is 0 Å². The molecule has 33 heavy (non-hydrogen) atoms. The number of nitrogens with zero attached hydrogens (tertiary/aromatic N) is 1. The fourth-order valence-electron chi connectivity index (χ4n) is 4.22. The second-order valence-electron chi connectivity index (χ2n) is 8.25. The molecule has 2 aromatic heterocycles. The van der Waals surface area contributed by atoms with Crippen LogP contribution < -0.4 is 11.2 Å². The number of carbonyl (C=O) groups excluding carboxylic acids is 1. The number of nitrogens with one attached hydrogen (secondary N) is 1. The smallest absolute Gasteiger partial charge is 0.268 e. The molecule has 0 bridgehead atoms. The molecule has 1 aliphatic carbocycles. The van der Waals surface area contributed by atoms with Crippen molar-refractivity contribution in [3.8, 4) is 0 Å². The third kappa shape index (κ3) is 5.23. The number of nitrogens with two attached hydrogens (primary N) is 1. The van der Waals surface area contributed by atoms with Crippen LogP contribution in [-0.4, -0.2) is 21.8 Å². The number of carbonyl (C=O) groups is 1. The third-order valence-electron chi connectivity index (χ3n) is 6.05. The van der Waals surface area contributed by atoms with Crippen molar-refractivity contribution in [2.75, 3.05) is 0 Å². The second kappa shape index (κ2) is 9.72. The van der Waals surface area contributed by atoms with Gasteiger partial charge in [0.05, 0.1) is 10.9 Å². The molecule has 9 heteroatoms. The summed E-state index contributed by atoms with van der Waals surface area (Å²) >= 11 is 0. The molecule has 0 spiro atoms. The molecule has 0 unspecified atom stereocenters. The first-order chi connectivity index (χ1) is 15.5. The van der Waals surface area contributed by atoms with Crippen LogP contribution in [0, 0.1) is 24.5 Å². The van der Waals surface area contributed by atoms with Gasteiger partial charge in [-0.25, -0.2) is 17.6 Å². The molecule has 1 aliphatic rings. The number of amides is 1. The molecule has 2 heterocycles. The predicted octanol–water partition coefficient (Wildman–Crippen LogP) is 5.22. The van der Waals surface area contributed by atoms with Crippen molar-refractivity contribution in [2.45, 2.75) is 51.4 Å². The summed E-state index contributed by atoms with van der Waals surface area (Å²) < 4.78 is 53.0. The van der Waals surface area contributed by atoms with Crippen molar-refractivity contribution in [3.63, 3.8) is 0 Å². The lowest BCUT2D eigenvalue weighted by molar-refractivity contribution is -0.0931. The molecular formula is C24H25F4N3O2. The van der Waals surface area contributed by atoms with Gasteiger partial charge in [0.25, 0.3) is 11.8 Å². The average molecular weight is 463 g/mol. The lowest BCUT2D eigenvalue weighted by Gasteiger charge is -2.35. The number of aryl methyl sites for hydroxylation is 1. The molecule has 0 aliphatic heterocycles. The van der Waals surface area contributed by atoms with Gasteiger partial charge in [0.2, 0.25) is 0 Å². The van der Waals surface area contributed by atoms with Gasteiger partial charge in [-0.15, -0.1) is 0 Å². The van der Waals surface area contributed by atoms with Gasteiger partial charge in [-0.3, -0.25) is 14.6 Å². The van der Waals surface area contributed by atoms with Gasteiger partial charge in [-0.05, 0) is 43.9 Å². The number of aromatic amines is 1. The van der Waals surface area contributed by atoms with E-state index in [9.17, 15) is 27.2 Å². The number of hydrogen-bond donors (Lipinski definition) is 2. The van der Waals surface area contributed by atoms with Crippen LogP contribution in [0.4, 0.5) is 17.6 Å². The van der Waals surface area contributed by atoms with Gasteiger partial charge < -0.3 is 10.7 Å². The van der Waals surface area contributed by atoms with Gasteiger partial charge in [0.15, 0.2) is 17.1 Å². The summed E-state index contributed by atoms with van der Waals surface area (Å²) in [6, 6.07) is 6.94. The third-order valence-corrected chi connectivity index (χ3v) is 6.05. The molecule has 1 aromatic carbocycles. The van der Waals surface area contributed by atoms with Crippen LogP contribution in [0.15, 0.2) is 41.3 Å². The molecule has 176 valence electrons. The number of primary amides is 1. The monoisotopic (exact) mass is 463 g/mol. The maximum absolute atomic E-state index is 14.2. The summed E-state index contributed by atoms with van der Waals surface area (Å²) in [5.41, 5.74) is 5.91. The Morgan fingerprint density at radius 3 is 2.55 bits per heavy atom. The molecule has 3 aromatic rings. The van der Waals surface area contributed by atoms with Crippen LogP contribution in [0.1, 0.15) is 60.3 Å². The molecule has 1 fully saturated rings. The summed E-state index contributed by atoms with van der Waals surface area (Å²) in [6.07, 6.45) is 2.56. The maximum Gasteiger partial charge on any atom is 0.268 e. The minimum Gasteiger partial charge on any atom is -0.364 e. The minimum absolute atomic E-state index is 0.0998. The standard InChI is InChI=1S/C17H19F2N3O2.C7H6F2/c1-2-10-4-3-9(8-17(10,18)19)12-7-13(23)14-11(22-12)5-6-21-15(14)16(20)24;1-5-3-2-4-6(8)7(5)9/h5-7,9-10H,2-4,8H2,1H3,(H2,20,24)(H,22,23);2-4H,1H3/t9-,10+;/m0./s1. The van der Waals surface area contributed by atoms with Gasteiger partial charge in [-0.1, -0.05) is 19.1 Å². The Kier molecular flexibility index (Phi) is 7.19. The first-order valence-electron chi connectivity index (χ1n) is 10.6. The highest BCUT2D eigenvalue weighted by molar-refractivity contribution is 6.03. The molecule has 2 atom stereocenters. The first kappa shape index (κ1) is 24.4. The summed E-state index contributed by atoms with van der Waals surface area (Å²) in [5.74, 6) is -6.09. The zero-order chi connectivity index (χ0) is 24.3. The van der Waals surface area contributed by atoms with E-state index < -0.39 is 40.7 Å². The van der Waals surface area contributed by atoms with Crippen LogP contribution in [-0.2, 0) is 0 Å². The van der Waals surface area contributed by atoms with E-state index in [2.05, 4.69) is 9.97 Å². The summed E-state index contributed by atoms with van der Waals surface area (Å²) in [4.78, 5) is 30.7. The highest BCUT2D eigenvalue weighted by Gasteiger charge is 2.44. The topological polar surface area (TPSA) is 88.8 Å². The normalized spacial score (nSPS) is 19.6. The van der Waals surface area contributed by atoms with Gasteiger partial charge in [0.1, 0.15) is 5.69 Å². The lowest BCUT2D eigenvalue weighted by Crippen LogP contribution is -2.35. The van der Waals surface area contributed by atoms with Crippen LogP contribution in [0.2, 0.25) is 0 Å². The van der Waals surface area contributed by atoms with Crippen molar-refractivity contribution >= 4 is 16.8 Å². The maximum atomic E-state index is 14.2. The van der Waals surface area contributed by atoms with Crippen molar-refractivity contribution in [2.24, 2.45) is 11.7 Å². The lowest BCUT2D eigenvalue weighted by atomic mass is 9.76. The van der Waals surface area contributed by atoms with E-state index >= 15 is 0 Å². The van der Waals surface area contributed by atoms with Crippen molar-refractivity contribution in [1.82, 2.24) is 9.97 Å². The molecule has 4 rings (SSSR count). The van der Waals surface area contributed by atoms with Gasteiger partial charge >= 0.3 is 0 Å². The largest absolute Gasteiger partial charge is 0.364 e. The molecule has 3 N–H and O–H groups in total.